The van der Waals surface area contributed by atoms with Gasteiger partial charge in [0.15, 0.2) is 0 Å². The number of carbonyl (C=O) groups is 1. The van der Waals surface area contributed by atoms with Gasteiger partial charge in [-0.05, 0) is 42.8 Å². The molecule has 110 valence electrons. The lowest BCUT2D eigenvalue weighted by Gasteiger charge is -2.11. The molecule has 1 aromatic carbocycles. The van der Waals surface area contributed by atoms with Gasteiger partial charge in [-0.2, -0.15) is 0 Å². The zero-order valence-electron chi connectivity index (χ0n) is 12.3. The minimum Gasteiger partial charge on any atom is -0.354 e. The highest BCUT2D eigenvalue weighted by atomic mass is 35.5. The molecule has 0 radical (unpaired) electrons. The number of carbonyl (C=O) groups excluding carboxylic acids is 1. The largest absolute Gasteiger partial charge is 0.354 e. The fraction of sp³-hybridized carbons (Fsp3) is 0.250. The molecule has 1 amide bonds. The maximum Gasteiger partial charge on any atom is 0.228 e. The lowest BCUT2D eigenvalue weighted by molar-refractivity contribution is -0.118. The van der Waals surface area contributed by atoms with E-state index in [0.717, 1.165) is 16.9 Å². The molecule has 0 bridgehead atoms. The molecule has 2 N–H and O–H groups in total. The van der Waals surface area contributed by atoms with Gasteiger partial charge in [0.1, 0.15) is 5.82 Å². The zero-order chi connectivity index (χ0) is 15.4. The molecule has 0 unspecified atom stereocenters. The maximum absolute atomic E-state index is 11.6. The number of nitrogens with one attached hydrogen (secondary N) is 2. The number of hydrogen-bond donors (Lipinski definition) is 2. The van der Waals surface area contributed by atoms with E-state index in [0.29, 0.717) is 10.8 Å². The van der Waals surface area contributed by atoms with E-state index in [1.165, 1.54) is 0 Å². The number of aryl methyl sites for hydroxylation is 1. The van der Waals surface area contributed by atoms with E-state index >= 15 is 0 Å². The lowest BCUT2D eigenvalue weighted by atomic mass is 10.2. The van der Waals surface area contributed by atoms with Crippen molar-refractivity contribution in [2.75, 3.05) is 10.6 Å². The molecule has 2 aromatic rings. The van der Waals surface area contributed by atoms with Gasteiger partial charge in [0, 0.05) is 16.6 Å². The molecule has 0 saturated heterocycles. The summed E-state index contributed by atoms with van der Waals surface area (Å²) in [5, 5.41) is 6.74. The number of aromatic nitrogens is 1. The Bertz CT molecular complexity index is 638. The third-order valence-corrected chi connectivity index (χ3v) is 3.24. The molecule has 0 atom stereocenters. The molecule has 0 saturated carbocycles. The monoisotopic (exact) mass is 303 g/mol. The number of anilines is 3. The fourth-order valence-corrected chi connectivity index (χ4v) is 1.96. The van der Waals surface area contributed by atoms with Gasteiger partial charge in [-0.1, -0.05) is 25.4 Å². The van der Waals surface area contributed by atoms with E-state index in [1.807, 2.05) is 45.0 Å². The Kier molecular flexibility index (Phi) is 4.81. The van der Waals surface area contributed by atoms with Crippen LogP contribution in [0.3, 0.4) is 0 Å². The van der Waals surface area contributed by atoms with Crippen LogP contribution >= 0.6 is 11.6 Å². The highest BCUT2D eigenvalue weighted by molar-refractivity contribution is 6.30. The molecular weight excluding hydrogens is 286 g/mol. The first-order valence-corrected chi connectivity index (χ1v) is 7.13. The number of benzene rings is 1. The summed E-state index contributed by atoms with van der Waals surface area (Å²) in [5.41, 5.74) is 2.88. The number of amides is 1. The first-order chi connectivity index (χ1) is 9.95. The fourth-order valence-electron chi connectivity index (χ4n) is 1.74. The van der Waals surface area contributed by atoms with E-state index in [2.05, 4.69) is 15.6 Å². The van der Waals surface area contributed by atoms with Crippen LogP contribution in [0.4, 0.5) is 17.2 Å². The van der Waals surface area contributed by atoms with Gasteiger partial charge < -0.3 is 10.6 Å². The van der Waals surface area contributed by atoms with Gasteiger partial charge >= 0.3 is 0 Å². The molecule has 0 aliphatic rings. The molecule has 5 heteroatoms. The molecule has 2 rings (SSSR count). The summed E-state index contributed by atoms with van der Waals surface area (Å²) < 4.78 is 0. The molecule has 4 nitrogen and oxygen atoms in total. The second kappa shape index (κ2) is 6.59. The number of pyridine rings is 1. The van der Waals surface area contributed by atoms with E-state index in [1.54, 1.807) is 12.3 Å². The van der Waals surface area contributed by atoms with Crippen LogP contribution in [-0.4, -0.2) is 10.9 Å². The van der Waals surface area contributed by atoms with Gasteiger partial charge in [-0.15, -0.1) is 0 Å². The average Bonchev–Trinajstić information content (AvgIpc) is 2.43. The summed E-state index contributed by atoms with van der Waals surface area (Å²) in [6.45, 7) is 5.67. The van der Waals surface area contributed by atoms with E-state index in [4.69, 9.17) is 11.6 Å². The van der Waals surface area contributed by atoms with Gasteiger partial charge in [0.05, 0.1) is 11.9 Å². The average molecular weight is 304 g/mol. The van der Waals surface area contributed by atoms with Crippen molar-refractivity contribution in [3.63, 3.8) is 0 Å². The predicted molar refractivity (Wildman–Crippen MR) is 87.2 cm³/mol. The molecule has 1 aromatic heterocycles. The number of halogens is 1. The number of hydrogen-bond acceptors (Lipinski definition) is 3. The molecule has 0 aliphatic carbocycles. The molecule has 1 heterocycles. The first-order valence-electron chi connectivity index (χ1n) is 6.76. The van der Waals surface area contributed by atoms with Crippen LogP contribution in [0, 0.1) is 12.8 Å². The second-order valence-corrected chi connectivity index (χ2v) is 5.60. The Morgan fingerprint density at radius 3 is 2.57 bits per heavy atom. The summed E-state index contributed by atoms with van der Waals surface area (Å²) in [4.78, 5) is 15.8. The van der Waals surface area contributed by atoms with Crippen LogP contribution in [0.1, 0.15) is 19.4 Å². The first kappa shape index (κ1) is 15.3. The molecule has 0 spiro atoms. The van der Waals surface area contributed by atoms with Crippen molar-refractivity contribution in [2.45, 2.75) is 20.8 Å². The Labute approximate surface area is 129 Å². The van der Waals surface area contributed by atoms with Crippen LogP contribution in [0.15, 0.2) is 36.5 Å². The van der Waals surface area contributed by atoms with Crippen molar-refractivity contribution in [2.24, 2.45) is 5.92 Å². The highest BCUT2D eigenvalue weighted by Gasteiger charge is 2.07. The van der Waals surface area contributed by atoms with Crippen molar-refractivity contribution >= 4 is 34.7 Å². The van der Waals surface area contributed by atoms with Crippen molar-refractivity contribution in [3.8, 4) is 0 Å². The summed E-state index contributed by atoms with van der Waals surface area (Å²) in [5.74, 6) is 0.435. The maximum atomic E-state index is 11.6. The van der Waals surface area contributed by atoms with E-state index in [-0.39, 0.29) is 11.8 Å². The van der Waals surface area contributed by atoms with Crippen molar-refractivity contribution < 1.29 is 4.79 Å². The smallest absolute Gasteiger partial charge is 0.228 e. The lowest BCUT2D eigenvalue weighted by Crippen LogP contribution is -2.18. The molecule has 0 aliphatic heterocycles. The van der Waals surface area contributed by atoms with Gasteiger partial charge in [0.2, 0.25) is 5.91 Å². The Morgan fingerprint density at radius 2 is 2.00 bits per heavy atom. The standard InChI is InChI=1S/C16H18ClN3O/c1-10(2)16(21)20-15-7-5-13(9-18-15)19-14-6-4-12(17)8-11(14)3/h4-10,19H,1-3H3,(H,18,20,21). The Hall–Kier alpha value is -2.07. The second-order valence-electron chi connectivity index (χ2n) is 5.16. The third-order valence-electron chi connectivity index (χ3n) is 3.01. The number of rotatable bonds is 4. The van der Waals surface area contributed by atoms with Crippen LogP contribution in [0.2, 0.25) is 5.02 Å². The van der Waals surface area contributed by atoms with Gasteiger partial charge in [-0.3, -0.25) is 4.79 Å². The van der Waals surface area contributed by atoms with E-state index < -0.39 is 0 Å². The minimum absolute atomic E-state index is 0.0447. The van der Waals surface area contributed by atoms with Gasteiger partial charge in [0.25, 0.3) is 0 Å². The topological polar surface area (TPSA) is 54.0 Å². The normalized spacial score (nSPS) is 10.5. The van der Waals surface area contributed by atoms with Crippen molar-refractivity contribution in [1.82, 2.24) is 4.98 Å². The Morgan fingerprint density at radius 1 is 1.24 bits per heavy atom. The van der Waals surface area contributed by atoms with Crippen LogP contribution in [0.25, 0.3) is 0 Å². The summed E-state index contributed by atoms with van der Waals surface area (Å²) in [6, 6.07) is 9.30. The molecular formula is C16H18ClN3O. The summed E-state index contributed by atoms with van der Waals surface area (Å²) in [7, 11) is 0. The van der Waals surface area contributed by atoms with Gasteiger partial charge in [-0.25, -0.2) is 4.98 Å². The minimum atomic E-state index is -0.0682. The Balaban J connectivity index is 2.07. The SMILES string of the molecule is Cc1cc(Cl)ccc1Nc1ccc(NC(=O)C(C)C)nc1. The summed E-state index contributed by atoms with van der Waals surface area (Å²) >= 11 is 5.93. The third kappa shape index (κ3) is 4.20. The number of nitrogens with zero attached hydrogens (tertiary/aromatic N) is 1. The molecule has 0 fully saturated rings. The quantitative estimate of drug-likeness (QED) is 0.881. The van der Waals surface area contributed by atoms with E-state index in [9.17, 15) is 4.79 Å². The summed E-state index contributed by atoms with van der Waals surface area (Å²) in [6.07, 6.45) is 1.68. The van der Waals surface area contributed by atoms with Crippen LogP contribution in [-0.2, 0) is 4.79 Å². The van der Waals surface area contributed by atoms with Crippen LogP contribution in [0.5, 0.6) is 0 Å². The van der Waals surface area contributed by atoms with Crippen molar-refractivity contribution in [1.29, 1.82) is 0 Å². The highest BCUT2D eigenvalue weighted by Crippen LogP contribution is 2.23. The van der Waals surface area contributed by atoms with Crippen molar-refractivity contribution in [3.05, 3.63) is 47.1 Å². The van der Waals surface area contributed by atoms with Crippen LogP contribution < -0.4 is 10.6 Å². The zero-order valence-corrected chi connectivity index (χ0v) is 13.0. The predicted octanol–water partition coefficient (Wildman–Crippen LogP) is 4.38. The molecule has 21 heavy (non-hydrogen) atoms.